The summed E-state index contributed by atoms with van der Waals surface area (Å²) in [5, 5.41) is 3.18. The van der Waals surface area contributed by atoms with E-state index in [1.165, 1.54) is 17.4 Å². The first-order valence-electron chi connectivity index (χ1n) is 5.59. The van der Waals surface area contributed by atoms with Crippen molar-refractivity contribution in [2.24, 2.45) is 0 Å². The molecule has 5 nitrogen and oxygen atoms in total. The van der Waals surface area contributed by atoms with Crippen molar-refractivity contribution in [2.75, 3.05) is 5.32 Å². The van der Waals surface area contributed by atoms with E-state index in [9.17, 15) is 9.59 Å². The van der Waals surface area contributed by atoms with Crippen LogP contribution in [0.1, 0.15) is 10.4 Å². The number of nitrogens with zero attached hydrogens (tertiary/aromatic N) is 1. The Balaban J connectivity index is 1.88. The minimum absolute atomic E-state index is 0.203. The molecule has 2 heterocycles. The highest BCUT2D eigenvalue weighted by Gasteiger charge is 2.12. The van der Waals surface area contributed by atoms with Gasteiger partial charge in [-0.3, -0.25) is 10.1 Å². The van der Waals surface area contributed by atoms with Gasteiger partial charge in [0.2, 0.25) is 0 Å². The molecule has 0 saturated heterocycles. The van der Waals surface area contributed by atoms with Crippen LogP contribution in [0.3, 0.4) is 0 Å². The van der Waals surface area contributed by atoms with Crippen LogP contribution in [0.25, 0.3) is 10.2 Å². The van der Waals surface area contributed by atoms with Crippen molar-refractivity contribution in [3.63, 3.8) is 0 Å². The number of aromatic nitrogens is 1. The van der Waals surface area contributed by atoms with Gasteiger partial charge >= 0.3 is 5.63 Å². The quantitative estimate of drug-likeness (QED) is 0.769. The van der Waals surface area contributed by atoms with Crippen molar-refractivity contribution in [3.8, 4) is 0 Å². The molecule has 0 aliphatic rings. The Hall–Kier alpha value is -1.99. The van der Waals surface area contributed by atoms with Gasteiger partial charge in [-0.15, -0.1) is 0 Å². The number of para-hydroxylation sites is 1. The summed E-state index contributed by atoms with van der Waals surface area (Å²) in [6.07, 6.45) is 1.12. The summed E-state index contributed by atoms with van der Waals surface area (Å²) in [5.41, 5.74) is 0.547. The average Bonchev–Trinajstić information content (AvgIpc) is 2.83. The van der Waals surface area contributed by atoms with Gasteiger partial charge in [0, 0.05) is 0 Å². The molecule has 0 unspecified atom stereocenters. The fourth-order valence-electron chi connectivity index (χ4n) is 1.62. The Morgan fingerprint density at radius 2 is 2.15 bits per heavy atom. The van der Waals surface area contributed by atoms with Crippen LogP contribution in [0.15, 0.2) is 50.3 Å². The van der Waals surface area contributed by atoms with Crippen LogP contribution >= 0.6 is 27.3 Å². The van der Waals surface area contributed by atoms with Crippen LogP contribution in [-0.4, -0.2) is 10.9 Å². The van der Waals surface area contributed by atoms with Gasteiger partial charge in [0.15, 0.2) is 5.13 Å². The molecule has 1 N–H and O–H groups in total. The summed E-state index contributed by atoms with van der Waals surface area (Å²) in [6, 6.07) is 9.01. The number of anilines is 1. The molecule has 7 heteroatoms. The van der Waals surface area contributed by atoms with Gasteiger partial charge in [0.1, 0.15) is 10.7 Å². The van der Waals surface area contributed by atoms with Crippen molar-refractivity contribution >= 4 is 48.5 Å². The van der Waals surface area contributed by atoms with Gasteiger partial charge in [-0.2, -0.15) is 0 Å². The van der Waals surface area contributed by atoms with E-state index in [-0.39, 0.29) is 15.9 Å². The highest BCUT2D eigenvalue weighted by molar-refractivity contribution is 9.10. The van der Waals surface area contributed by atoms with Gasteiger partial charge in [0.05, 0.1) is 15.8 Å². The molecule has 0 fully saturated rings. The van der Waals surface area contributed by atoms with Gasteiger partial charge < -0.3 is 4.42 Å². The lowest BCUT2D eigenvalue weighted by Crippen LogP contribution is -2.13. The molecule has 0 aliphatic heterocycles. The zero-order valence-electron chi connectivity index (χ0n) is 9.92. The molecule has 0 atom stereocenters. The van der Waals surface area contributed by atoms with Crippen LogP contribution in [0.5, 0.6) is 0 Å². The normalized spacial score (nSPS) is 10.7. The molecule has 0 bridgehead atoms. The predicted octanol–water partition coefficient (Wildman–Crippen LogP) is 3.26. The van der Waals surface area contributed by atoms with Crippen LogP contribution in [-0.2, 0) is 0 Å². The Morgan fingerprint density at radius 3 is 2.90 bits per heavy atom. The molecule has 100 valence electrons. The number of hydrogen-bond acceptors (Lipinski definition) is 5. The maximum Gasteiger partial charge on any atom is 0.350 e. The van der Waals surface area contributed by atoms with E-state index in [2.05, 4.69) is 26.2 Å². The summed E-state index contributed by atoms with van der Waals surface area (Å²) in [7, 11) is 0. The molecule has 2 aromatic heterocycles. The minimum atomic E-state index is -0.526. The van der Waals surface area contributed by atoms with Gasteiger partial charge in [0.25, 0.3) is 5.91 Å². The number of carbonyl (C=O) groups is 1. The van der Waals surface area contributed by atoms with E-state index in [0.717, 1.165) is 16.5 Å². The average molecular weight is 351 g/mol. The number of benzene rings is 1. The number of rotatable bonds is 2. The minimum Gasteiger partial charge on any atom is -0.430 e. The number of thiazole rings is 1. The number of hydrogen-bond donors (Lipinski definition) is 1. The van der Waals surface area contributed by atoms with Crippen LogP contribution < -0.4 is 10.9 Å². The maximum absolute atomic E-state index is 12.0. The Labute approximate surface area is 125 Å². The number of carbonyl (C=O) groups excluding carboxylic acids is 1. The maximum atomic E-state index is 12.0. The molecule has 1 amide bonds. The zero-order chi connectivity index (χ0) is 14.1. The molecular formula is C13H7BrN2O3S. The van der Waals surface area contributed by atoms with E-state index in [1.54, 1.807) is 0 Å². The van der Waals surface area contributed by atoms with Gasteiger partial charge in [-0.25, -0.2) is 9.78 Å². The first kappa shape index (κ1) is 13.0. The second-order valence-corrected chi connectivity index (χ2v) is 5.80. The number of halogens is 1. The van der Waals surface area contributed by atoms with Crippen LogP contribution in [0.2, 0.25) is 0 Å². The Bertz CT molecular complexity index is 823. The summed E-state index contributed by atoms with van der Waals surface area (Å²) in [6.45, 7) is 0. The molecule has 0 aliphatic carbocycles. The summed E-state index contributed by atoms with van der Waals surface area (Å²) in [4.78, 5) is 27.4. The topological polar surface area (TPSA) is 72.2 Å². The monoisotopic (exact) mass is 350 g/mol. The second-order valence-electron chi connectivity index (χ2n) is 3.91. The number of nitrogens with one attached hydrogen (secondary N) is 1. The van der Waals surface area contributed by atoms with Crippen molar-refractivity contribution in [1.29, 1.82) is 0 Å². The molecule has 0 saturated carbocycles. The van der Waals surface area contributed by atoms with Gasteiger partial charge in [-0.05, 0) is 34.1 Å². The van der Waals surface area contributed by atoms with E-state index in [4.69, 9.17) is 4.42 Å². The zero-order valence-corrected chi connectivity index (χ0v) is 12.3. The lowest BCUT2D eigenvalue weighted by atomic mass is 10.3. The third-order valence-electron chi connectivity index (χ3n) is 2.55. The Morgan fingerprint density at radius 1 is 1.35 bits per heavy atom. The van der Waals surface area contributed by atoms with E-state index in [1.807, 2.05) is 24.3 Å². The third kappa shape index (κ3) is 2.50. The fraction of sp³-hybridized carbons (Fsp3) is 0. The van der Waals surface area contributed by atoms with Crippen molar-refractivity contribution in [3.05, 3.63) is 57.1 Å². The van der Waals surface area contributed by atoms with Crippen LogP contribution in [0.4, 0.5) is 5.13 Å². The standard InChI is InChI=1S/C13H7BrN2O3S/c14-8-5-7(6-19-12(8)18)11(17)16-13-15-9-3-1-2-4-10(9)20-13/h1-6H,(H,15,16,17). The Kier molecular flexibility index (Phi) is 3.37. The third-order valence-corrected chi connectivity index (χ3v) is 4.05. The van der Waals surface area contributed by atoms with Crippen molar-refractivity contribution in [2.45, 2.75) is 0 Å². The fourth-order valence-corrected chi connectivity index (χ4v) is 2.82. The largest absolute Gasteiger partial charge is 0.430 e. The molecule has 0 radical (unpaired) electrons. The lowest BCUT2D eigenvalue weighted by molar-refractivity contribution is 0.102. The summed E-state index contributed by atoms with van der Waals surface area (Å²) in [5.74, 6) is -0.381. The van der Waals surface area contributed by atoms with E-state index >= 15 is 0 Å². The lowest BCUT2D eigenvalue weighted by Gasteiger charge is -2.00. The highest BCUT2D eigenvalue weighted by Crippen LogP contribution is 2.25. The molecular weight excluding hydrogens is 344 g/mol. The summed E-state index contributed by atoms with van der Waals surface area (Å²) < 4.78 is 5.92. The highest BCUT2D eigenvalue weighted by atomic mass is 79.9. The smallest absolute Gasteiger partial charge is 0.350 e. The van der Waals surface area contributed by atoms with E-state index in [0.29, 0.717) is 5.13 Å². The molecule has 1 aromatic carbocycles. The van der Waals surface area contributed by atoms with Crippen molar-refractivity contribution in [1.82, 2.24) is 4.98 Å². The number of fused-ring (bicyclic) bond motifs is 1. The molecule has 3 rings (SSSR count). The predicted molar refractivity (Wildman–Crippen MR) is 80.3 cm³/mol. The molecule has 3 aromatic rings. The molecule has 20 heavy (non-hydrogen) atoms. The first-order valence-corrected chi connectivity index (χ1v) is 7.20. The SMILES string of the molecule is O=C(Nc1nc2ccccc2s1)c1coc(=O)c(Br)c1. The van der Waals surface area contributed by atoms with E-state index < -0.39 is 5.63 Å². The first-order chi connectivity index (χ1) is 9.63. The van der Waals surface area contributed by atoms with Gasteiger partial charge in [-0.1, -0.05) is 23.5 Å². The van der Waals surface area contributed by atoms with Crippen molar-refractivity contribution < 1.29 is 9.21 Å². The summed E-state index contributed by atoms with van der Waals surface area (Å²) >= 11 is 4.41. The second kappa shape index (κ2) is 5.18. The number of amides is 1. The molecule has 0 spiro atoms. The van der Waals surface area contributed by atoms with Crippen LogP contribution in [0, 0.1) is 0 Å².